The lowest BCUT2D eigenvalue weighted by Gasteiger charge is -2.23. The molecule has 0 aliphatic rings. The van der Waals surface area contributed by atoms with Crippen molar-refractivity contribution in [3.05, 3.63) is 11.4 Å². The summed E-state index contributed by atoms with van der Waals surface area (Å²) in [5.41, 5.74) is 0.215. The molecule has 1 amide bonds. The van der Waals surface area contributed by atoms with Gasteiger partial charge in [-0.2, -0.15) is 5.10 Å². The Labute approximate surface area is 119 Å². The first-order chi connectivity index (χ1) is 9.11. The fraction of sp³-hybridized carbons (Fsp3) is 0.667. The zero-order valence-corrected chi connectivity index (χ0v) is 13.3. The SMILES string of the molecule is CCC(C)N(C)C(=O)c1n[nH]c(C(C)C)c1S(N)(=O)=O. The molecule has 20 heavy (non-hydrogen) atoms. The van der Waals surface area contributed by atoms with E-state index >= 15 is 0 Å². The summed E-state index contributed by atoms with van der Waals surface area (Å²) in [5, 5.41) is 11.7. The maximum absolute atomic E-state index is 12.4. The van der Waals surface area contributed by atoms with Gasteiger partial charge in [-0.05, 0) is 19.3 Å². The Morgan fingerprint density at radius 1 is 1.40 bits per heavy atom. The van der Waals surface area contributed by atoms with E-state index < -0.39 is 15.9 Å². The average Bonchev–Trinajstić information content (AvgIpc) is 2.80. The molecule has 1 aromatic rings. The molecule has 8 heteroatoms. The van der Waals surface area contributed by atoms with Crippen LogP contribution in [0.2, 0.25) is 0 Å². The molecule has 0 aliphatic heterocycles. The second kappa shape index (κ2) is 5.92. The average molecular weight is 302 g/mol. The fourth-order valence-electron chi connectivity index (χ4n) is 1.81. The van der Waals surface area contributed by atoms with E-state index in [0.29, 0.717) is 5.69 Å². The molecule has 0 aliphatic carbocycles. The highest BCUT2D eigenvalue weighted by molar-refractivity contribution is 7.89. The third-order valence-electron chi connectivity index (χ3n) is 3.38. The summed E-state index contributed by atoms with van der Waals surface area (Å²) in [6.07, 6.45) is 0.758. The molecule has 1 atom stereocenters. The summed E-state index contributed by atoms with van der Waals surface area (Å²) in [4.78, 5) is 13.6. The molecule has 0 saturated heterocycles. The van der Waals surface area contributed by atoms with Crippen LogP contribution < -0.4 is 5.14 Å². The zero-order chi connectivity index (χ0) is 15.7. The molecule has 1 unspecified atom stereocenters. The molecular formula is C12H22N4O3S. The highest BCUT2D eigenvalue weighted by Crippen LogP contribution is 2.25. The number of aromatic amines is 1. The number of primary sulfonamides is 1. The van der Waals surface area contributed by atoms with Crippen molar-refractivity contribution in [2.45, 2.75) is 51.0 Å². The first kappa shape index (κ1) is 16.6. The third kappa shape index (κ3) is 3.18. The highest BCUT2D eigenvalue weighted by atomic mass is 32.2. The minimum absolute atomic E-state index is 0.0185. The van der Waals surface area contributed by atoms with Gasteiger partial charge in [0.25, 0.3) is 5.91 Å². The van der Waals surface area contributed by atoms with E-state index in [-0.39, 0.29) is 22.5 Å². The van der Waals surface area contributed by atoms with Crippen molar-refractivity contribution in [1.82, 2.24) is 15.1 Å². The van der Waals surface area contributed by atoms with Crippen molar-refractivity contribution >= 4 is 15.9 Å². The Morgan fingerprint density at radius 2 is 1.95 bits per heavy atom. The lowest BCUT2D eigenvalue weighted by atomic mass is 10.1. The van der Waals surface area contributed by atoms with Gasteiger partial charge in [-0.25, -0.2) is 13.6 Å². The predicted octanol–water partition coefficient (Wildman–Crippen LogP) is 1.05. The van der Waals surface area contributed by atoms with E-state index in [9.17, 15) is 13.2 Å². The van der Waals surface area contributed by atoms with Crippen LogP contribution in [0.4, 0.5) is 0 Å². The molecule has 1 heterocycles. The highest BCUT2D eigenvalue weighted by Gasteiger charge is 2.31. The molecule has 0 spiro atoms. The van der Waals surface area contributed by atoms with Gasteiger partial charge in [-0.3, -0.25) is 9.89 Å². The second-order valence-electron chi connectivity index (χ2n) is 5.19. The predicted molar refractivity (Wildman–Crippen MR) is 75.9 cm³/mol. The second-order valence-corrected chi connectivity index (χ2v) is 6.69. The molecule has 0 bridgehead atoms. The van der Waals surface area contributed by atoms with Crippen LogP contribution in [-0.2, 0) is 10.0 Å². The number of carbonyl (C=O) groups is 1. The minimum atomic E-state index is -4.02. The molecular weight excluding hydrogens is 280 g/mol. The number of nitrogens with one attached hydrogen (secondary N) is 1. The van der Waals surface area contributed by atoms with Gasteiger partial charge in [0.15, 0.2) is 5.69 Å². The molecule has 1 aromatic heterocycles. The van der Waals surface area contributed by atoms with Gasteiger partial charge in [0, 0.05) is 13.1 Å². The van der Waals surface area contributed by atoms with Crippen LogP contribution in [0.3, 0.4) is 0 Å². The topological polar surface area (TPSA) is 109 Å². The van der Waals surface area contributed by atoms with Crippen LogP contribution in [0.15, 0.2) is 4.90 Å². The van der Waals surface area contributed by atoms with Crippen molar-refractivity contribution < 1.29 is 13.2 Å². The van der Waals surface area contributed by atoms with E-state index in [0.717, 1.165) is 6.42 Å². The van der Waals surface area contributed by atoms with E-state index in [2.05, 4.69) is 10.2 Å². The molecule has 114 valence electrons. The van der Waals surface area contributed by atoms with Crippen LogP contribution in [-0.4, -0.2) is 42.5 Å². The molecule has 0 saturated carbocycles. The van der Waals surface area contributed by atoms with Crippen LogP contribution >= 0.6 is 0 Å². The normalized spacial score (nSPS) is 13.6. The van der Waals surface area contributed by atoms with Crippen LogP contribution in [0.25, 0.3) is 0 Å². The number of rotatable bonds is 5. The van der Waals surface area contributed by atoms with Crippen LogP contribution in [0, 0.1) is 0 Å². The monoisotopic (exact) mass is 302 g/mol. The molecule has 7 nitrogen and oxygen atoms in total. The van der Waals surface area contributed by atoms with Gasteiger partial charge in [0.1, 0.15) is 4.90 Å². The van der Waals surface area contributed by atoms with Crippen molar-refractivity contribution in [1.29, 1.82) is 0 Å². The summed E-state index contributed by atoms with van der Waals surface area (Å²) in [5.74, 6) is -0.585. The number of sulfonamides is 1. The van der Waals surface area contributed by atoms with E-state index in [1.807, 2.05) is 13.8 Å². The maximum atomic E-state index is 12.4. The lowest BCUT2D eigenvalue weighted by molar-refractivity contribution is 0.0730. The summed E-state index contributed by atoms with van der Waals surface area (Å²) < 4.78 is 23.5. The summed E-state index contributed by atoms with van der Waals surface area (Å²) >= 11 is 0. The number of nitrogens with two attached hydrogens (primary N) is 1. The summed E-state index contributed by atoms with van der Waals surface area (Å²) in [7, 11) is -2.40. The number of amides is 1. The summed E-state index contributed by atoms with van der Waals surface area (Å²) in [6.45, 7) is 7.42. The lowest BCUT2D eigenvalue weighted by Crippen LogP contribution is -2.36. The Morgan fingerprint density at radius 3 is 2.35 bits per heavy atom. The zero-order valence-electron chi connectivity index (χ0n) is 12.5. The number of H-pyrrole nitrogens is 1. The molecule has 0 radical (unpaired) electrons. The Hall–Kier alpha value is -1.41. The smallest absolute Gasteiger partial charge is 0.275 e. The van der Waals surface area contributed by atoms with Crippen molar-refractivity contribution in [2.24, 2.45) is 5.14 Å². The Kier molecular flexibility index (Phi) is 4.93. The van der Waals surface area contributed by atoms with E-state index in [4.69, 9.17) is 5.14 Å². The number of nitrogens with zero attached hydrogens (tertiary/aromatic N) is 2. The van der Waals surface area contributed by atoms with Gasteiger partial charge in [-0.1, -0.05) is 20.8 Å². The van der Waals surface area contributed by atoms with Crippen molar-refractivity contribution in [2.75, 3.05) is 7.05 Å². The largest absolute Gasteiger partial charge is 0.338 e. The van der Waals surface area contributed by atoms with Gasteiger partial charge in [0.2, 0.25) is 10.0 Å². The van der Waals surface area contributed by atoms with Gasteiger partial charge in [0.05, 0.1) is 5.69 Å². The fourth-order valence-corrected chi connectivity index (χ4v) is 2.80. The quantitative estimate of drug-likeness (QED) is 0.847. The van der Waals surface area contributed by atoms with Gasteiger partial charge >= 0.3 is 0 Å². The van der Waals surface area contributed by atoms with Crippen LogP contribution in [0.1, 0.15) is 56.2 Å². The molecule has 1 rings (SSSR count). The number of hydrogen-bond acceptors (Lipinski definition) is 4. The first-order valence-corrected chi connectivity index (χ1v) is 8.04. The first-order valence-electron chi connectivity index (χ1n) is 6.49. The molecule has 3 N–H and O–H groups in total. The standard InChI is InChI=1S/C12H22N4O3S/c1-6-8(4)16(5)12(17)10-11(20(13,18)19)9(7(2)3)14-15-10/h7-8H,6H2,1-5H3,(H,14,15)(H2,13,18,19). The third-order valence-corrected chi connectivity index (χ3v) is 4.37. The minimum Gasteiger partial charge on any atom is -0.338 e. The Bertz CT molecular complexity index is 592. The van der Waals surface area contributed by atoms with E-state index in [1.54, 1.807) is 20.9 Å². The van der Waals surface area contributed by atoms with Gasteiger partial charge < -0.3 is 4.90 Å². The molecule has 0 fully saturated rings. The van der Waals surface area contributed by atoms with E-state index in [1.165, 1.54) is 4.90 Å². The Balaban J connectivity index is 3.37. The number of hydrogen-bond donors (Lipinski definition) is 2. The van der Waals surface area contributed by atoms with Crippen LogP contribution in [0.5, 0.6) is 0 Å². The maximum Gasteiger partial charge on any atom is 0.275 e. The summed E-state index contributed by atoms with van der Waals surface area (Å²) in [6, 6.07) is -0.0185. The van der Waals surface area contributed by atoms with Crippen molar-refractivity contribution in [3.8, 4) is 0 Å². The number of aromatic nitrogens is 2. The number of carbonyl (C=O) groups excluding carboxylic acids is 1. The van der Waals surface area contributed by atoms with Crippen molar-refractivity contribution in [3.63, 3.8) is 0 Å². The molecule has 0 aromatic carbocycles. The van der Waals surface area contributed by atoms with Gasteiger partial charge in [-0.15, -0.1) is 0 Å².